The third kappa shape index (κ3) is 5.12. The van der Waals surface area contributed by atoms with Gasteiger partial charge in [-0.25, -0.2) is 13.4 Å². The Morgan fingerprint density at radius 3 is 2.61 bits per heavy atom. The second-order valence-corrected chi connectivity index (χ2v) is 10.5. The van der Waals surface area contributed by atoms with Crippen molar-refractivity contribution in [3.8, 4) is 0 Å². The predicted octanol–water partition coefficient (Wildman–Crippen LogP) is 4.36. The zero-order valence-corrected chi connectivity index (χ0v) is 20.2. The molecule has 1 aliphatic rings. The van der Waals surface area contributed by atoms with Crippen molar-refractivity contribution in [2.75, 3.05) is 18.4 Å². The molecule has 3 aromatic rings. The van der Waals surface area contributed by atoms with Crippen LogP contribution >= 0.6 is 0 Å². The molecule has 0 atom stereocenters. The maximum Gasteiger partial charge on any atom is 0.243 e. The number of sulfonamides is 1. The van der Waals surface area contributed by atoms with Gasteiger partial charge in [-0.15, -0.1) is 0 Å². The van der Waals surface area contributed by atoms with Gasteiger partial charge in [0.1, 0.15) is 5.82 Å². The molecule has 1 aliphatic heterocycles. The third-order valence-corrected chi connectivity index (χ3v) is 8.04. The summed E-state index contributed by atoms with van der Waals surface area (Å²) < 4.78 is 29.6. The highest BCUT2D eigenvalue weighted by atomic mass is 32.2. The number of hydrogen-bond donors (Lipinski definition) is 1. The fraction of sp³-hybridized carbons (Fsp3) is 0.440. The highest BCUT2D eigenvalue weighted by Gasteiger charge is 2.27. The molecule has 7 nitrogen and oxygen atoms in total. The molecule has 0 radical (unpaired) electrons. The normalized spacial score (nSPS) is 14.7. The smallest absolute Gasteiger partial charge is 0.243 e. The lowest BCUT2D eigenvalue weighted by atomic mass is 10.1. The molecule has 1 fully saturated rings. The SMILES string of the molecule is CCCn1c(CCC(=O)Nc2cccc(CC)c2)nc2cc(S(=O)(=O)N3CCCC3)ccc21. The van der Waals surface area contributed by atoms with E-state index in [-0.39, 0.29) is 10.8 Å². The summed E-state index contributed by atoms with van der Waals surface area (Å²) in [6.07, 6.45) is 4.44. The number of nitrogens with one attached hydrogen (secondary N) is 1. The number of aryl methyl sites for hydroxylation is 3. The van der Waals surface area contributed by atoms with Crippen molar-refractivity contribution in [1.82, 2.24) is 13.9 Å². The summed E-state index contributed by atoms with van der Waals surface area (Å²) in [5.41, 5.74) is 3.55. The van der Waals surface area contributed by atoms with Crippen LogP contribution in [0, 0.1) is 0 Å². The van der Waals surface area contributed by atoms with Crippen LogP contribution in [-0.2, 0) is 34.2 Å². The van der Waals surface area contributed by atoms with E-state index in [0.717, 1.165) is 49.3 Å². The van der Waals surface area contributed by atoms with E-state index in [9.17, 15) is 13.2 Å². The molecule has 2 heterocycles. The van der Waals surface area contributed by atoms with E-state index in [0.29, 0.717) is 31.4 Å². The molecule has 176 valence electrons. The summed E-state index contributed by atoms with van der Waals surface area (Å²) in [6.45, 7) is 6.10. The van der Waals surface area contributed by atoms with E-state index >= 15 is 0 Å². The van der Waals surface area contributed by atoms with Gasteiger partial charge >= 0.3 is 0 Å². The molecule has 2 aromatic carbocycles. The molecular weight excluding hydrogens is 436 g/mol. The number of carbonyl (C=O) groups is 1. The monoisotopic (exact) mass is 468 g/mol. The highest BCUT2D eigenvalue weighted by Crippen LogP contribution is 2.26. The van der Waals surface area contributed by atoms with Crippen LogP contribution in [0.4, 0.5) is 5.69 Å². The Morgan fingerprint density at radius 2 is 1.88 bits per heavy atom. The van der Waals surface area contributed by atoms with Crippen LogP contribution in [0.3, 0.4) is 0 Å². The summed E-state index contributed by atoms with van der Waals surface area (Å²) in [6, 6.07) is 13.1. The molecule has 4 rings (SSSR count). The number of anilines is 1. The maximum absolute atomic E-state index is 13.0. The first kappa shape index (κ1) is 23.4. The van der Waals surface area contributed by atoms with Gasteiger partial charge in [0, 0.05) is 38.2 Å². The van der Waals surface area contributed by atoms with E-state index in [4.69, 9.17) is 4.98 Å². The van der Waals surface area contributed by atoms with Gasteiger partial charge in [0.15, 0.2) is 0 Å². The lowest BCUT2D eigenvalue weighted by Crippen LogP contribution is -2.27. The Balaban J connectivity index is 1.53. The molecule has 0 bridgehead atoms. The van der Waals surface area contributed by atoms with E-state index in [1.54, 1.807) is 16.4 Å². The molecule has 0 unspecified atom stereocenters. The Morgan fingerprint density at radius 1 is 1.09 bits per heavy atom. The van der Waals surface area contributed by atoms with Crippen molar-refractivity contribution in [3.05, 3.63) is 53.9 Å². The summed E-state index contributed by atoms with van der Waals surface area (Å²) in [7, 11) is -3.49. The summed E-state index contributed by atoms with van der Waals surface area (Å²) in [5.74, 6) is 0.746. The van der Waals surface area contributed by atoms with Crippen molar-refractivity contribution >= 4 is 32.7 Å². The number of fused-ring (bicyclic) bond motifs is 1. The quantitative estimate of drug-likeness (QED) is 0.506. The average Bonchev–Trinajstić information content (AvgIpc) is 3.47. The summed E-state index contributed by atoms with van der Waals surface area (Å²) in [5, 5.41) is 2.97. The molecule has 0 spiro atoms. The number of carbonyl (C=O) groups excluding carboxylic acids is 1. The summed E-state index contributed by atoms with van der Waals surface area (Å²) >= 11 is 0. The van der Waals surface area contributed by atoms with E-state index in [1.807, 2.05) is 30.3 Å². The third-order valence-electron chi connectivity index (χ3n) is 6.14. The van der Waals surface area contributed by atoms with E-state index in [1.165, 1.54) is 5.56 Å². The van der Waals surface area contributed by atoms with Crippen LogP contribution in [0.5, 0.6) is 0 Å². The first-order chi connectivity index (χ1) is 15.9. The fourth-order valence-corrected chi connectivity index (χ4v) is 5.92. The molecule has 8 heteroatoms. The zero-order valence-electron chi connectivity index (χ0n) is 19.4. The lowest BCUT2D eigenvalue weighted by molar-refractivity contribution is -0.116. The second-order valence-electron chi connectivity index (χ2n) is 8.54. The Hall–Kier alpha value is -2.71. The minimum atomic E-state index is -3.49. The Kier molecular flexibility index (Phi) is 7.14. The molecule has 1 saturated heterocycles. The molecule has 1 aromatic heterocycles. The first-order valence-corrected chi connectivity index (χ1v) is 13.2. The predicted molar refractivity (Wildman–Crippen MR) is 131 cm³/mol. The molecule has 33 heavy (non-hydrogen) atoms. The van der Waals surface area contributed by atoms with Gasteiger partial charge in [-0.3, -0.25) is 4.79 Å². The number of benzene rings is 2. The Bertz CT molecular complexity index is 1240. The fourth-order valence-electron chi connectivity index (χ4n) is 4.38. The largest absolute Gasteiger partial charge is 0.328 e. The second kappa shape index (κ2) is 10.1. The summed E-state index contributed by atoms with van der Waals surface area (Å²) in [4.78, 5) is 17.6. The van der Waals surface area contributed by atoms with Crippen molar-refractivity contribution in [3.63, 3.8) is 0 Å². The van der Waals surface area contributed by atoms with Crippen molar-refractivity contribution in [1.29, 1.82) is 0 Å². The number of nitrogens with zero attached hydrogens (tertiary/aromatic N) is 3. The zero-order chi connectivity index (χ0) is 23.4. The molecule has 1 amide bonds. The number of amides is 1. The van der Waals surface area contributed by atoms with Crippen LogP contribution in [0.1, 0.15) is 50.9 Å². The van der Waals surface area contributed by atoms with Crippen molar-refractivity contribution < 1.29 is 13.2 Å². The van der Waals surface area contributed by atoms with E-state index < -0.39 is 10.0 Å². The average molecular weight is 469 g/mol. The van der Waals surface area contributed by atoms with Crippen LogP contribution in [-0.4, -0.2) is 41.3 Å². The topological polar surface area (TPSA) is 84.3 Å². The standard InChI is InChI=1S/C25H32N4O3S/c1-3-14-29-23-11-10-21(33(31,32)28-15-5-6-16-28)18-22(23)27-24(29)12-13-25(30)26-20-9-7-8-19(4-2)17-20/h7-11,17-18H,3-6,12-16H2,1-2H3,(H,26,30). The van der Waals surface area contributed by atoms with Gasteiger partial charge in [0.25, 0.3) is 0 Å². The van der Waals surface area contributed by atoms with Crippen molar-refractivity contribution in [2.45, 2.75) is 63.8 Å². The molecule has 0 saturated carbocycles. The van der Waals surface area contributed by atoms with Gasteiger partial charge in [-0.05, 0) is 61.6 Å². The lowest BCUT2D eigenvalue weighted by Gasteiger charge is -2.15. The van der Waals surface area contributed by atoms with Crippen LogP contribution in [0.25, 0.3) is 11.0 Å². The van der Waals surface area contributed by atoms with Gasteiger partial charge in [-0.2, -0.15) is 4.31 Å². The Labute approximate surface area is 195 Å². The van der Waals surface area contributed by atoms with Crippen molar-refractivity contribution in [2.24, 2.45) is 0 Å². The van der Waals surface area contributed by atoms with E-state index in [2.05, 4.69) is 23.7 Å². The van der Waals surface area contributed by atoms with Gasteiger partial charge in [0.2, 0.25) is 15.9 Å². The molecule has 1 N–H and O–H groups in total. The minimum absolute atomic E-state index is 0.0596. The maximum atomic E-state index is 13.0. The number of hydrogen-bond acceptors (Lipinski definition) is 4. The van der Waals surface area contributed by atoms with Crippen LogP contribution in [0.2, 0.25) is 0 Å². The van der Waals surface area contributed by atoms with Gasteiger partial charge < -0.3 is 9.88 Å². The highest BCUT2D eigenvalue weighted by molar-refractivity contribution is 7.89. The number of aromatic nitrogens is 2. The minimum Gasteiger partial charge on any atom is -0.328 e. The van der Waals surface area contributed by atoms with Crippen LogP contribution < -0.4 is 5.32 Å². The van der Waals surface area contributed by atoms with Gasteiger partial charge in [-0.1, -0.05) is 26.0 Å². The van der Waals surface area contributed by atoms with Gasteiger partial charge in [0.05, 0.1) is 15.9 Å². The first-order valence-electron chi connectivity index (χ1n) is 11.8. The molecular formula is C25H32N4O3S. The number of imidazole rings is 1. The molecule has 0 aliphatic carbocycles. The number of rotatable bonds is 9. The van der Waals surface area contributed by atoms with Crippen LogP contribution in [0.15, 0.2) is 47.4 Å².